The van der Waals surface area contributed by atoms with Crippen molar-refractivity contribution in [3.8, 4) is 0 Å². The number of hydrogen-bond donors (Lipinski definition) is 0. The molecule has 0 heterocycles. The van der Waals surface area contributed by atoms with Crippen LogP contribution in [-0.4, -0.2) is 24.8 Å². The van der Waals surface area contributed by atoms with Crippen molar-refractivity contribution in [3.63, 3.8) is 0 Å². The van der Waals surface area contributed by atoms with Crippen LogP contribution in [-0.2, 0) is 5.41 Å². The molecule has 0 aromatic heterocycles. The zero-order chi connectivity index (χ0) is 17.7. The Bertz CT molecular complexity index is 733. The Balaban J connectivity index is 1.69. The lowest BCUT2D eigenvalue weighted by molar-refractivity contribution is -0.236. The second-order valence-electron chi connectivity index (χ2n) is 7.34. The summed E-state index contributed by atoms with van der Waals surface area (Å²) in [4.78, 5) is 0.496. The molecule has 4 heteroatoms. The molecule has 0 amide bonds. The van der Waals surface area contributed by atoms with Crippen molar-refractivity contribution in [2.24, 2.45) is 0 Å². The smallest absolute Gasteiger partial charge is 0.217 e. The number of hydrogen-bond acceptors (Lipinski definition) is 1. The molecule has 0 spiro atoms. The molecule has 0 saturated carbocycles. The van der Waals surface area contributed by atoms with Crippen LogP contribution in [0.1, 0.15) is 53.9 Å². The van der Waals surface area contributed by atoms with E-state index in [1.807, 2.05) is 0 Å². The summed E-state index contributed by atoms with van der Waals surface area (Å²) >= 11 is 0. The van der Waals surface area contributed by atoms with Crippen molar-refractivity contribution in [2.75, 3.05) is 13.6 Å². The highest BCUT2D eigenvalue weighted by Crippen LogP contribution is 2.57. The summed E-state index contributed by atoms with van der Waals surface area (Å²) in [6.45, 7) is 0.0407. The lowest BCUT2D eigenvalue weighted by atomic mass is 9.54. The van der Waals surface area contributed by atoms with Crippen LogP contribution in [0.25, 0.3) is 0 Å². The third-order valence-corrected chi connectivity index (χ3v) is 6.09. The number of fused-ring (bicyclic) bond motifs is 1. The van der Waals surface area contributed by atoms with E-state index in [0.717, 1.165) is 26.3 Å². The van der Waals surface area contributed by atoms with E-state index in [0.29, 0.717) is 17.2 Å². The molecular formula is C21H22F3N. The fourth-order valence-electron chi connectivity index (χ4n) is 4.90. The first kappa shape index (κ1) is 16.6. The molecule has 5 rings (SSSR count). The van der Waals surface area contributed by atoms with Gasteiger partial charge in [-0.25, -0.2) is 4.90 Å². The van der Waals surface area contributed by atoms with Gasteiger partial charge in [0.05, 0.1) is 0 Å². The van der Waals surface area contributed by atoms with E-state index in [9.17, 15) is 13.2 Å². The van der Waals surface area contributed by atoms with Gasteiger partial charge in [0.1, 0.15) is 0 Å². The predicted molar refractivity (Wildman–Crippen MR) is 92.7 cm³/mol. The topological polar surface area (TPSA) is 3.24 Å². The minimum Gasteiger partial charge on any atom is -0.217 e. The van der Waals surface area contributed by atoms with Crippen LogP contribution in [0, 0.1) is 0 Å². The van der Waals surface area contributed by atoms with Crippen molar-refractivity contribution < 1.29 is 13.2 Å². The van der Waals surface area contributed by atoms with Crippen LogP contribution in [0.4, 0.5) is 13.2 Å². The van der Waals surface area contributed by atoms with E-state index in [1.54, 1.807) is 0 Å². The van der Waals surface area contributed by atoms with Crippen LogP contribution in [0.3, 0.4) is 0 Å². The number of rotatable bonds is 4. The van der Waals surface area contributed by atoms with Crippen molar-refractivity contribution in [3.05, 3.63) is 70.8 Å². The molecule has 3 aliphatic rings. The molecule has 2 aromatic rings. The SMILES string of the molecule is CN(CCCC12CCC(c3ccccc31)c1ccccc12)C(F)(F)F. The Kier molecular flexibility index (Phi) is 3.91. The third-order valence-electron chi connectivity index (χ3n) is 6.09. The fourth-order valence-corrected chi connectivity index (χ4v) is 4.90. The Hall–Kier alpha value is -1.81. The molecule has 0 N–H and O–H groups in total. The second-order valence-corrected chi connectivity index (χ2v) is 7.34. The van der Waals surface area contributed by atoms with Gasteiger partial charge < -0.3 is 0 Å². The quantitative estimate of drug-likeness (QED) is 0.667. The van der Waals surface area contributed by atoms with Crippen LogP contribution >= 0.6 is 0 Å². The molecule has 0 radical (unpaired) electrons. The Labute approximate surface area is 146 Å². The minimum absolute atomic E-state index is 0.0407. The van der Waals surface area contributed by atoms with Gasteiger partial charge in [0, 0.05) is 17.9 Å². The molecule has 132 valence electrons. The summed E-state index contributed by atoms with van der Waals surface area (Å²) in [6.07, 6.45) is -0.847. The normalized spacial score (nSPS) is 24.3. The maximum atomic E-state index is 12.8. The van der Waals surface area contributed by atoms with Crippen LogP contribution in [0.15, 0.2) is 48.5 Å². The maximum Gasteiger partial charge on any atom is 0.459 e. The van der Waals surface area contributed by atoms with Crippen LogP contribution in [0.2, 0.25) is 0 Å². The number of benzene rings is 2. The van der Waals surface area contributed by atoms with Gasteiger partial charge in [-0.3, -0.25) is 0 Å². The zero-order valence-electron chi connectivity index (χ0n) is 14.3. The molecule has 0 unspecified atom stereocenters. The first-order valence-corrected chi connectivity index (χ1v) is 8.90. The first-order valence-electron chi connectivity index (χ1n) is 8.90. The highest BCUT2D eigenvalue weighted by molar-refractivity contribution is 5.58. The molecular weight excluding hydrogens is 323 g/mol. The lowest BCUT2D eigenvalue weighted by Crippen LogP contribution is -2.41. The molecule has 1 nitrogen and oxygen atoms in total. The largest absolute Gasteiger partial charge is 0.459 e. The van der Waals surface area contributed by atoms with E-state index >= 15 is 0 Å². The zero-order valence-corrected chi connectivity index (χ0v) is 14.3. The first-order chi connectivity index (χ1) is 11.9. The van der Waals surface area contributed by atoms with Gasteiger partial charge in [-0.15, -0.1) is 0 Å². The third kappa shape index (κ3) is 2.58. The monoisotopic (exact) mass is 345 g/mol. The van der Waals surface area contributed by atoms with Gasteiger partial charge >= 0.3 is 6.30 Å². The van der Waals surface area contributed by atoms with Crippen molar-refractivity contribution in [1.82, 2.24) is 4.90 Å². The van der Waals surface area contributed by atoms with E-state index < -0.39 is 6.30 Å². The molecule has 0 atom stereocenters. The standard InChI is InChI=1S/C21H22F3N/c1-25(21(22,23)24)14-6-12-20-13-11-15(16-7-2-4-9-18(16)20)17-8-3-5-10-19(17)20/h2-5,7-10,15H,6,11-14H2,1H3. The lowest BCUT2D eigenvalue weighted by Gasteiger charge is -2.50. The highest BCUT2D eigenvalue weighted by Gasteiger charge is 2.47. The number of halogens is 3. The molecule has 0 saturated heterocycles. The van der Waals surface area contributed by atoms with E-state index in [2.05, 4.69) is 48.5 Å². The summed E-state index contributed by atoms with van der Waals surface area (Å²) < 4.78 is 38.4. The maximum absolute atomic E-state index is 12.8. The van der Waals surface area contributed by atoms with Gasteiger partial charge in [-0.2, -0.15) is 13.2 Å². The van der Waals surface area contributed by atoms with Gasteiger partial charge in [0.25, 0.3) is 0 Å². The van der Waals surface area contributed by atoms with E-state index in [-0.39, 0.29) is 12.0 Å². The molecule has 0 fully saturated rings. The number of alkyl halides is 3. The Morgan fingerprint density at radius 2 is 1.56 bits per heavy atom. The molecule has 3 aliphatic carbocycles. The van der Waals surface area contributed by atoms with Gasteiger partial charge in [0.15, 0.2) is 0 Å². The fraction of sp³-hybridized carbons (Fsp3) is 0.429. The van der Waals surface area contributed by atoms with Crippen molar-refractivity contribution in [1.29, 1.82) is 0 Å². The Morgan fingerprint density at radius 3 is 2.12 bits per heavy atom. The van der Waals surface area contributed by atoms with E-state index in [1.165, 1.54) is 22.3 Å². The van der Waals surface area contributed by atoms with Gasteiger partial charge in [-0.05, 0) is 55.0 Å². The second kappa shape index (κ2) is 5.87. The van der Waals surface area contributed by atoms with Crippen LogP contribution in [0.5, 0.6) is 0 Å². The molecule has 25 heavy (non-hydrogen) atoms. The molecule has 0 aliphatic heterocycles. The predicted octanol–water partition coefficient (Wildman–Crippen LogP) is 5.44. The summed E-state index contributed by atoms with van der Waals surface area (Å²) in [5.41, 5.74) is 5.28. The van der Waals surface area contributed by atoms with Gasteiger partial charge in [-0.1, -0.05) is 48.5 Å². The minimum atomic E-state index is -4.25. The summed E-state index contributed by atoms with van der Waals surface area (Å²) in [7, 11) is 1.14. The molecule has 2 bridgehead atoms. The number of nitrogens with zero attached hydrogens (tertiary/aromatic N) is 1. The van der Waals surface area contributed by atoms with Gasteiger partial charge in [0.2, 0.25) is 0 Å². The summed E-state index contributed by atoms with van der Waals surface area (Å²) in [6, 6.07) is 17.0. The average molecular weight is 345 g/mol. The average Bonchev–Trinajstić information content (AvgIpc) is 2.61. The summed E-state index contributed by atoms with van der Waals surface area (Å²) in [5, 5.41) is 0. The van der Waals surface area contributed by atoms with E-state index in [4.69, 9.17) is 0 Å². The van der Waals surface area contributed by atoms with Crippen molar-refractivity contribution in [2.45, 2.75) is 43.3 Å². The Morgan fingerprint density at radius 1 is 1.00 bits per heavy atom. The molecule has 2 aromatic carbocycles. The highest BCUT2D eigenvalue weighted by atomic mass is 19.4. The summed E-state index contributed by atoms with van der Waals surface area (Å²) in [5.74, 6) is 0.437. The van der Waals surface area contributed by atoms with Crippen LogP contribution < -0.4 is 0 Å². The van der Waals surface area contributed by atoms with Crippen molar-refractivity contribution >= 4 is 0 Å².